The lowest BCUT2D eigenvalue weighted by Gasteiger charge is -1.92. The number of amides is 1. The van der Waals surface area contributed by atoms with Crippen LogP contribution in [0.2, 0.25) is 0 Å². The van der Waals surface area contributed by atoms with Crippen molar-refractivity contribution in [1.29, 1.82) is 0 Å². The Bertz CT molecular complexity index is 465. The number of rotatable bonds is 2. The van der Waals surface area contributed by atoms with Crippen LogP contribution in [0.3, 0.4) is 0 Å². The molecule has 0 aliphatic heterocycles. The fraction of sp³-hybridized carbons (Fsp3) is 0.100. The molecule has 76 valence electrons. The molecule has 0 atom stereocenters. The summed E-state index contributed by atoms with van der Waals surface area (Å²) in [6, 6.07) is 9.28. The second-order valence-electron chi connectivity index (χ2n) is 2.86. The molecular formula is C10H9N3O2. The Morgan fingerprint density at radius 2 is 2.00 bits per heavy atom. The van der Waals surface area contributed by atoms with Gasteiger partial charge in [0.25, 0.3) is 0 Å². The van der Waals surface area contributed by atoms with Crippen molar-refractivity contribution < 1.29 is 9.21 Å². The van der Waals surface area contributed by atoms with Gasteiger partial charge in [0.1, 0.15) is 0 Å². The fourth-order valence-corrected chi connectivity index (χ4v) is 1.12. The molecule has 1 heterocycles. The number of nitrogens with zero attached hydrogens (tertiary/aromatic N) is 2. The number of carbonyl (C=O) groups excluding carboxylic acids is 1. The molecular weight excluding hydrogens is 194 g/mol. The third kappa shape index (κ3) is 1.85. The zero-order valence-electron chi connectivity index (χ0n) is 8.10. The van der Waals surface area contributed by atoms with Crippen molar-refractivity contribution in [3.63, 3.8) is 0 Å². The lowest BCUT2D eigenvalue weighted by atomic mass is 10.2. The highest BCUT2D eigenvalue weighted by molar-refractivity contribution is 5.89. The summed E-state index contributed by atoms with van der Waals surface area (Å²) in [5.41, 5.74) is 0.792. The van der Waals surface area contributed by atoms with E-state index in [9.17, 15) is 4.79 Å². The number of aromatic nitrogens is 2. The lowest BCUT2D eigenvalue weighted by Crippen LogP contribution is -2.17. The van der Waals surface area contributed by atoms with Gasteiger partial charge < -0.3 is 9.73 Å². The lowest BCUT2D eigenvalue weighted by molar-refractivity contribution is 0.0929. The van der Waals surface area contributed by atoms with E-state index in [0.29, 0.717) is 5.89 Å². The van der Waals surface area contributed by atoms with Crippen molar-refractivity contribution >= 4 is 5.91 Å². The minimum atomic E-state index is -0.385. The first-order chi connectivity index (χ1) is 7.31. The molecule has 0 spiro atoms. The van der Waals surface area contributed by atoms with Gasteiger partial charge in [-0.3, -0.25) is 4.79 Å². The smallest absolute Gasteiger partial charge is 0.308 e. The van der Waals surface area contributed by atoms with Gasteiger partial charge in [-0.25, -0.2) is 0 Å². The van der Waals surface area contributed by atoms with Gasteiger partial charge in [-0.05, 0) is 12.1 Å². The van der Waals surface area contributed by atoms with Crippen molar-refractivity contribution in [2.45, 2.75) is 0 Å². The average molecular weight is 203 g/mol. The first kappa shape index (κ1) is 9.39. The van der Waals surface area contributed by atoms with Crippen LogP contribution in [0.4, 0.5) is 0 Å². The second kappa shape index (κ2) is 3.91. The van der Waals surface area contributed by atoms with E-state index in [0.717, 1.165) is 5.56 Å². The summed E-state index contributed by atoms with van der Waals surface area (Å²) in [4.78, 5) is 11.2. The van der Waals surface area contributed by atoms with Gasteiger partial charge in [0, 0.05) is 12.6 Å². The Balaban J connectivity index is 2.32. The summed E-state index contributed by atoms with van der Waals surface area (Å²) < 4.78 is 5.19. The van der Waals surface area contributed by atoms with Crippen LogP contribution in [0.5, 0.6) is 0 Å². The zero-order valence-corrected chi connectivity index (χ0v) is 8.10. The molecule has 1 aromatic carbocycles. The zero-order chi connectivity index (χ0) is 10.7. The normalized spacial score (nSPS) is 9.93. The summed E-state index contributed by atoms with van der Waals surface area (Å²) in [5.74, 6) is -0.0739. The number of hydrogen-bond donors (Lipinski definition) is 1. The molecule has 0 saturated carbocycles. The molecule has 0 aliphatic carbocycles. The summed E-state index contributed by atoms with van der Waals surface area (Å²) in [5, 5.41) is 9.82. The highest BCUT2D eigenvalue weighted by atomic mass is 16.4. The predicted molar refractivity (Wildman–Crippen MR) is 53.1 cm³/mol. The van der Waals surface area contributed by atoms with Crippen LogP contribution in [0.15, 0.2) is 34.7 Å². The Morgan fingerprint density at radius 3 is 2.67 bits per heavy atom. The number of nitrogens with one attached hydrogen (secondary N) is 1. The predicted octanol–water partition coefficient (Wildman–Crippen LogP) is 1.10. The third-order valence-electron chi connectivity index (χ3n) is 1.87. The van der Waals surface area contributed by atoms with Gasteiger partial charge in [0.05, 0.1) is 0 Å². The van der Waals surface area contributed by atoms with Crippen LogP contribution in [-0.2, 0) is 0 Å². The van der Waals surface area contributed by atoms with Gasteiger partial charge in [-0.1, -0.05) is 18.2 Å². The van der Waals surface area contributed by atoms with E-state index in [4.69, 9.17) is 4.42 Å². The first-order valence-electron chi connectivity index (χ1n) is 4.42. The molecule has 0 bridgehead atoms. The molecule has 15 heavy (non-hydrogen) atoms. The van der Waals surface area contributed by atoms with E-state index < -0.39 is 0 Å². The summed E-state index contributed by atoms with van der Waals surface area (Å²) in [6.07, 6.45) is 0. The van der Waals surface area contributed by atoms with Crippen LogP contribution in [0.1, 0.15) is 10.7 Å². The minimum absolute atomic E-state index is 0.0312. The van der Waals surface area contributed by atoms with Crippen LogP contribution in [0, 0.1) is 0 Å². The van der Waals surface area contributed by atoms with Crippen molar-refractivity contribution in [3.8, 4) is 11.5 Å². The van der Waals surface area contributed by atoms with Gasteiger partial charge in [-0.15, -0.1) is 10.2 Å². The highest BCUT2D eigenvalue weighted by Gasteiger charge is 2.13. The second-order valence-corrected chi connectivity index (χ2v) is 2.86. The average Bonchev–Trinajstić information content (AvgIpc) is 2.78. The molecule has 0 saturated heterocycles. The van der Waals surface area contributed by atoms with Crippen molar-refractivity contribution in [2.24, 2.45) is 0 Å². The Hall–Kier alpha value is -2.17. The number of benzene rings is 1. The van der Waals surface area contributed by atoms with Crippen LogP contribution < -0.4 is 5.32 Å². The summed E-state index contributed by atoms with van der Waals surface area (Å²) in [6.45, 7) is 0. The molecule has 5 heteroatoms. The Labute approximate surface area is 86.1 Å². The van der Waals surface area contributed by atoms with Gasteiger partial charge in [-0.2, -0.15) is 0 Å². The number of carbonyl (C=O) groups is 1. The fourth-order valence-electron chi connectivity index (χ4n) is 1.12. The van der Waals surface area contributed by atoms with Crippen molar-refractivity contribution in [3.05, 3.63) is 36.2 Å². The van der Waals surface area contributed by atoms with Crippen molar-refractivity contribution in [1.82, 2.24) is 15.5 Å². The minimum Gasteiger partial charge on any atom is -0.412 e. The largest absolute Gasteiger partial charge is 0.412 e. The third-order valence-corrected chi connectivity index (χ3v) is 1.87. The quantitative estimate of drug-likeness (QED) is 0.793. The molecule has 0 fully saturated rings. The molecule has 0 aliphatic rings. The molecule has 5 nitrogen and oxygen atoms in total. The molecule has 2 rings (SSSR count). The maximum atomic E-state index is 11.2. The van der Waals surface area contributed by atoms with E-state index in [1.54, 1.807) is 0 Å². The van der Waals surface area contributed by atoms with E-state index in [-0.39, 0.29) is 11.8 Å². The summed E-state index contributed by atoms with van der Waals surface area (Å²) in [7, 11) is 1.51. The molecule has 1 aromatic heterocycles. The highest BCUT2D eigenvalue weighted by Crippen LogP contribution is 2.16. The first-order valence-corrected chi connectivity index (χ1v) is 4.42. The van der Waals surface area contributed by atoms with Crippen LogP contribution in [0.25, 0.3) is 11.5 Å². The van der Waals surface area contributed by atoms with E-state index in [1.165, 1.54) is 7.05 Å². The van der Waals surface area contributed by atoms with E-state index >= 15 is 0 Å². The van der Waals surface area contributed by atoms with Gasteiger partial charge >= 0.3 is 11.8 Å². The number of hydrogen-bond acceptors (Lipinski definition) is 4. The molecule has 2 aromatic rings. The van der Waals surface area contributed by atoms with E-state index in [1.807, 2.05) is 30.3 Å². The van der Waals surface area contributed by atoms with Crippen LogP contribution >= 0.6 is 0 Å². The molecule has 1 amide bonds. The Morgan fingerprint density at radius 1 is 1.27 bits per heavy atom. The molecule has 1 N–H and O–H groups in total. The monoisotopic (exact) mass is 203 g/mol. The summed E-state index contributed by atoms with van der Waals surface area (Å²) >= 11 is 0. The van der Waals surface area contributed by atoms with Crippen LogP contribution in [-0.4, -0.2) is 23.2 Å². The van der Waals surface area contributed by atoms with Gasteiger partial charge in [0.2, 0.25) is 5.89 Å². The maximum Gasteiger partial charge on any atom is 0.308 e. The Kier molecular flexibility index (Phi) is 2.45. The van der Waals surface area contributed by atoms with Crippen molar-refractivity contribution in [2.75, 3.05) is 7.05 Å². The van der Waals surface area contributed by atoms with E-state index in [2.05, 4.69) is 15.5 Å². The standard InChI is InChI=1S/C10H9N3O2/c1-11-8(14)10-13-12-9(15-10)7-5-3-2-4-6-7/h2-6H,1H3,(H,11,14). The van der Waals surface area contributed by atoms with Gasteiger partial charge in [0.15, 0.2) is 0 Å². The maximum absolute atomic E-state index is 11.2. The molecule has 0 unspecified atom stereocenters. The topological polar surface area (TPSA) is 68.0 Å². The SMILES string of the molecule is CNC(=O)c1nnc(-c2ccccc2)o1. The molecule has 0 radical (unpaired) electrons.